The van der Waals surface area contributed by atoms with Crippen LogP contribution >= 0.6 is 11.6 Å². The quantitative estimate of drug-likeness (QED) is 0.515. The van der Waals surface area contributed by atoms with Crippen LogP contribution in [0.15, 0.2) is 18.3 Å². The maximum absolute atomic E-state index is 12.5. The third-order valence-electron chi connectivity index (χ3n) is 4.58. The van der Waals surface area contributed by atoms with Crippen LogP contribution in [0.25, 0.3) is 5.65 Å². The Morgan fingerprint density at radius 1 is 1.11 bits per heavy atom. The fourth-order valence-electron chi connectivity index (χ4n) is 3.16. The Morgan fingerprint density at radius 3 is 2.41 bits per heavy atom. The minimum absolute atomic E-state index is 0.110. The van der Waals surface area contributed by atoms with Gasteiger partial charge in [-0.05, 0) is 25.8 Å². The van der Waals surface area contributed by atoms with Crippen LogP contribution in [0.4, 0.5) is 0 Å². The maximum Gasteiger partial charge on any atom is 0.303 e. The van der Waals surface area contributed by atoms with Gasteiger partial charge in [0, 0.05) is 30.3 Å². The molecule has 0 radical (unpaired) electrons. The van der Waals surface area contributed by atoms with E-state index in [2.05, 4.69) is 10.3 Å². The van der Waals surface area contributed by atoms with Crippen LogP contribution in [0, 0.1) is 6.92 Å². The smallest absolute Gasteiger partial charge is 0.303 e. The fourth-order valence-corrected chi connectivity index (χ4v) is 3.31. The molecule has 2 aromatic heterocycles. The van der Waals surface area contributed by atoms with Gasteiger partial charge in [0.25, 0.3) is 5.91 Å². The number of carboxylic acids is 1. The summed E-state index contributed by atoms with van der Waals surface area (Å²) >= 11 is 5.97. The third kappa shape index (κ3) is 6.86. The Kier molecular flexibility index (Phi) is 8.58. The number of unbranched alkanes of at least 4 members (excludes halogenated alkanes) is 7. The molecule has 0 aliphatic heterocycles. The third-order valence-corrected chi connectivity index (χ3v) is 4.82. The summed E-state index contributed by atoms with van der Waals surface area (Å²) < 4.78 is 1.76. The fraction of sp³-hybridized carbons (Fsp3) is 0.550. The van der Waals surface area contributed by atoms with Crippen LogP contribution in [0.3, 0.4) is 0 Å². The molecule has 2 aromatic rings. The lowest BCUT2D eigenvalue weighted by Gasteiger charge is -2.06. The number of hydrogen-bond acceptors (Lipinski definition) is 3. The number of nitrogens with one attached hydrogen (secondary N) is 1. The van der Waals surface area contributed by atoms with Crippen molar-refractivity contribution in [2.45, 2.75) is 64.7 Å². The van der Waals surface area contributed by atoms with Crippen molar-refractivity contribution in [2.75, 3.05) is 6.54 Å². The number of halogens is 1. The lowest BCUT2D eigenvalue weighted by molar-refractivity contribution is -0.137. The monoisotopic (exact) mass is 393 g/mol. The van der Waals surface area contributed by atoms with Crippen LogP contribution < -0.4 is 5.32 Å². The Hall–Kier alpha value is -2.08. The Labute approximate surface area is 164 Å². The average molecular weight is 394 g/mol. The molecule has 0 aliphatic carbocycles. The molecular weight excluding hydrogens is 366 g/mol. The second-order valence-electron chi connectivity index (χ2n) is 6.85. The van der Waals surface area contributed by atoms with E-state index in [4.69, 9.17) is 16.7 Å². The van der Waals surface area contributed by atoms with Gasteiger partial charge in [-0.3, -0.25) is 14.0 Å². The molecule has 2 heterocycles. The van der Waals surface area contributed by atoms with E-state index >= 15 is 0 Å². The number of nitrogens with zero attached hydrogens (tertiary/aromatic N) is 2. The number of aryl methyl sites for hydroxylation is 1. The molecule has 0 unspecified atom stereocenters. The zero-order valence-corrected chi connectivity index (χ0v) is 16.6. The molecule has 0 saturated carbocycles. The predicted molar refractivity (Wildman–Crippen MR) is 106 cm³/mol. The summed E-state index contributed by atoms with van der Waals surface area (Å²) in [6.07, 6.45) is 10.4. The van der Waals surface area contributed by atoms with Gasteiger partial charge in [0.1, 0.15) is 11.3 Å². The number of carbonyl (C=O) groups excluding carboxylic acids is 1. The number of rotatable bonds is 12. The standard InChI is InChI=1S/C20H28ClN3O3/c1-15-19(24-13-11-16(21)14-17(24)23-15)20(27)22-12-9-7-5-3-2-4-6-8-10-18(25)26/h11,13-14H,2-10,12H2,1H3,(H,22,27)(H,25,26). The van der Waals surface area contributed by atoms with E-state index < -0.39 is 5.97 Å². The van der Waals surface area contributed by atoms with Gasteiger partial charge in [0.05, 0.1) is 5.69 Å². The number of carboxylic acid groups (broad SMARTS) is 1. The number of fused-ring (bicyclic) bond motifs is 1. The summed E-state index contributed by atoms with van der Waals surface area (Å²) in [7, 11) is 0. The first-order chi connectivity index (χ1) is 13.0. The molecule has 0 aliphatic rings. The molecule has 0 spiro atoms. The molecule has 0 saturated heterocycles. The lowest BCUT2D eigenvalue weighted by Crippen LogP contribution is -2.26. The van der Waals surface area contributed by atoms with Gasteiger partial charge in [-0.2, -0.15) is 0 Å². The Balaban J connectivity index is 1.60. The molecule has 0 aromatic carbocycles. The van der Waals surface area contributed by atoms with Gasteiger partial charge in [0.2, 0.25) is 0 Å². The van der Waals surface area contributed by atoms with E-state index in [1.165, 1.54) is 0 Å². The van der Waals surface area contributed by atoms with Gasteiger partial charge in [-0.25, -0.2) is 4.98 Å². The van der Waals surface area contributed by atoms with Crippen molar-refractivity contribution in [3.63, 3.8) is 0 Å². The maximum atomic E-state index is 12.5. The average Bonchev–Trinajstić information content (AvgIpc) is 2.94. The highest BCUT2D eigenvalue weighted by Gasteiger charge is 2.16. The van der Waals surface area contributed by atoms with Crippen molar-refractivity contribution in [1.29, 1.82) is 0 Å². The second kappa shape index (κ2) is 10.9. The summed E-state index contributed by atoms with van der Waals surface area (Å²) in [6, 6.07) is 3.49. The van der Waals surface area contributed by atoms with E-state index in [1.54, 1.807) is 22.7 Å². The molecular formula is C20H28ClN3O3. The molecule has 2 N–H and O–H groups in total. The van der Waals surface area contributed by atoms with E-state index in [0.29, 0.717) is 28.6 Å². The van der Waals surface area contributed by atoms with Crippen molar-refractivity contribution in [1.82, 2.24) is 14.7 Å². The molecule has 0 fully saturated rings. The van der Waals surface area contributed by atoms with Gasteiger partial charge in [-0.15, -0.1) is 0 Å². The number of amides is 1. The van der Waals surface area contributed by atoms with Crippen molar-refractivity contribution in [2.24, 2.45) is 0 Å². The van der Waals surface area contributed by atoms with Crippen LogP contribution in [-0.2, 0) is 4.79 Å². The number of aromatic nitrogens is 2. The van der Waals surface area contributed by atoms with Gasteiger partial charge >= 0.3 is 5.97 Å². The molecule has 27 heavy (non-hydrogen) atoms. The highest BCUT2D eigenvalue weighted by Crippen LogP contribution is 2.16. The zero-order valence-electron chi connectivity index (χ0n) is 15.8. The number of carbonyl (C=O) groups is 2. The van der Waals surface area contributed by atoms with Crippen molar-refractivity contribution < 1.29 is 14.7 Å². The number of aliphatic carboxylic acids is 1. The SMILES string of the molecule is Cc1nc2cc(Cl)ccn2c1C(=O)NCCCCCCCCCCC(=O)O. The molecule has 148 valence electrons. The highest BCUT2D eigenvalue weighted by atomic mass is 35.5. The van der Waals surface area contributed by atoms with Gasteiger partial charge in [-0.1, -0.05) is 50.1 Å². The van der Waals surface area contributed by atoms with Crippen molar-refractivity contribution in [3.8, 4) is 0 Å². The topological polar surface area (TPSA) is 83.7 Å². The minimum Gasteiger partial charge on any atom is -0.481 e. The van der Waals surface area contributed by atoms with E-state index in [1.807, 2.05) is 6.92 Å². The Morgan fingerprint density at radius 2 is 1.74 bits per heavy atom. The molecule has 1 amide bonds. The molecule has 0 bridgehead atoms. The number of imidazole rings is 1. The van der Waals surface area contributed by atoms with Gasteiger partial charge < -0.3 is 10.4 Å². The summed E-state index contributed by atoms with van der Waals surface area (Å²) in [5.74, 6) is -0.819. The lowest BCUT2D eigenvalue weighted by atomic mass is 10.1. The van der Waals surface area contributed by atoms with Crippen molar-refractivity contribution in [3.05, 3.63) is 34.7 Å². The van der Waals surface area contributed by atoms with Crippen molar-refractivity contribution >= 4 is 29.1 Å². The van der Waals surface area contributed by atoms with E-state index in [9.17, 15) is 9.59 Å². The first-order valence-electron chi connectivity index (χ1n) is 9.63. The second-order valence-corrected chi connectivity index (χ2v) is 7.28. The molecule has 6 nitrogen and oxygen atoms in total. The largest absolute Gasteiger partial charge is 0.481 e. The number of hydrogen-bond donors (Lipinski definition) is 2. The predicted octanol–water partition coefficient (Wildman–Crippen LogP) is 4.62. The zero-order chi connectivity index (χ0) is 19.6. The Bertz CT molecular complexity index is 773. The summed E-state index contributed by atoms with van der Waals surface area (Å²) in [6.45, 7) is 2.48. The minimum atomic E-state index is -0.708. The van der Waals surface area contributed by atoms with Crippen LogP contribution in [0.5, 0.6) is 0 Å². The molecule has 2 rings (SSSR count). The summed E-state index contributed by atoms with van der Waals surface area (Å²) in [5.41, 5.74) is 1.93. The van der Waals surface area contributed by atoms with Crippen LogP contribution in [-0.4, -0.2) is 32.9 Å². The summed E-state index contributed by atoms with van der Waals surface area (Å²) in [4.78, 5) is 27.3. The molecule has 0 atom stereocenters. The normalized spacial score (nSPS) is 11.0. The van der Waals surface area contributed by atoms with Gasteiger partial charge in [0.15, 0.2) is 0 Å². The summed E-state index contributed by atoms with van der Waals surface area (Å²) in [5, 5.41) is 12.1. The highest BCUT2D eigenvalue weighted by molar-refractivity contribution is 6.30. The van der Waals surface area contributed by atoms with E-state index in [0.717, 1.165) is 51.4 Å². The van der Waals surface area contributed by atoms with Crippen LogP contribution in [0.2, 0.25) is 5.02 Å². The first kappa shape index (κ1) is 21.2. The van der Waals surface area contributed by atoms with E-state index in [-0.39, 0.29) is 12.3 Å². The first-order valence-corrected chi connectivity index (χ1v) is 10.0. The number of pyridine rings is 1. The molecule has 7 heteroatoms. The van der Waals surface area contributed by atoms with Crippen LogP contribution in [0.1, 0.15) is 74.0 Å².